The number of carbonyl (C=O) groups excluding carboxylic acids is 1. The largest absolute Gasteiger partial charge is 0.349 e. The maximum atomic E-state index is 12.4. The van der Waals surface area contributed by atoms with Crippen LogP contribution < -0.4 is 10.9 Å². The van der Waals surface area contributed by atoms with Crippen LogP contribution >= 0.6 is 23.6 Å². The Balaban J connectivity index is 2.29. The second-order valence-electron chi connectivity index (χ2n) is 5.14. The maximum Gasteiger partial charge on any atom is 0.265 e. The summed E-state index contributed by atoms with van der Waals surface area (Å²) >= 11 is 6.59. The van der Waals surface area contributed by atoms with Crippen LogP contribution in [0.3, 0.4) is 0 Å². The lowest BCUT2D eigenvalue weighted by Crippen LogP contribution is -2.31. The van der Waals surface area contributed by atoms with Gasteiger partial charge in [0.15, 0.2) is 3.95 Å². The summed E-state index contributed by atoms with van der Waals surface area (Å²) < 4.78 is 2.29. The first kappa shape index (κ1) is 14.9. The minimum Gasteiger partial charge on any atom is -0.349 e. The van der Waals surface area contributed by atoms with Gasteiger partial charge in [0, 0.05) is 6.04 Å². The van der Waals surface area contributed by atoms with Gasteiger partial charge in [-0.1, -0.05) is 30.4 Å². The Morgan fingerprint density at radius 3 is 2.91 bits per heavy atom. The van der Waals surface area contributed by atoms with Gasteiger partial charge in [0.25, 0.3) is 11.5 Å². The Hall–Kier alpha value is -1.99. The molecule has 3 aromatic rings. The molecule has 0 bridgehead atoms. The SMILES string of the molecule is CC[C@H](C)NC(=O)c1sc(=S)n2c1[nH]c(=O)c1ccccc12. The van der Waals surface area contributed by atoms with E-state index in [-0.39, 0.29) is 17.5 Å². The molecule has 22 heavy (non-hydrogen) atoms. The summed E-state index contributed by atoms with van der Waals surface area (Å²) in [4.78, 5) is 27.9. The van der Waals surface area contributed by atoms with E-state index in [9.17, 15) is 9.59 Å². The lowest BCUT2D eigenvalue weighted by atomic mass is 10.2. The molecule has 0 unspecified atom stereocenters. The van der Waals surface area contributed by atoms with Gasteiger partial charge in [-0.25, -0.2) is 0 Å². The number of rotatable bonds is 3. The van der Waals surface area contributed by atoms with Gasteiger partial charge < -0.3 is 10.3 Å². The molecule has 0 spiro atoms. The zero-order valence-electron chi connectivity index (χ0n) is 12.2. The van der Waals surface area contributed by atoms with E-state index in [1.165, 1.54) is 11.3 Å². The predicted molar refractivity (Wildman–Crippen MR) is 91.5 cm³/mol. The molecule has 0 aliphatic heterocycles. The normalized spacial score (nSPS) is 12.6. The molecular weight excluding hydrogens is 318 g/mol. The molecule has 0 saturated carbocycles. The number of thiazole rings is 1. The van der Waals surface area contributed by atoms with Crippen LogP contribution in [0.1, 0.15) is 29.9 Å². The van der Waals surface area contributed by atoms with Crippen molar-refractivity contribution >= 4 is 46.0 Å². The summed E-state index contributed by atoms with van der Waals surface area (Å²) in [6, 6.07) is 7.29. The van der Waals surface area contributed by atoms with Crippen molar-refractivity contribution in [2.75, 3.05) is 0 Å². The fourth-order valence-corrected chi connectivity index (χ4v) is 3.57. The molecule has 2 heterocycles. The van der Waals surface area contributed by atoms with E-state index in [2.05, 4.69) is 10.3 Å². The standard InChI is InChI=1S/C15H15N3O2S2/c1-3-8(2)16-14(20)11-12-17-13(19)9-6-4-5-7-10(9)18(12)15(21)22-11/h4-8H,3H2,1-2H3,(H,16,20)(H,17,19)/t8-/m0/s1. The van der Waals surface area contributed by atoms with E-state index >= 15 is 0 Å². The van der Waals surface area contributed by atoms with Crippen LogP contribution in [-0.2, 0) is 0 Å². The number of para-hydroxylation sites is 1. The van der Waals surface area contributed by atoms with Gasteiger partial charge >= 0.3 is 0 Å². The van der Waals surface area contributed by atoms with E-state index in [0.29, 0.717) is 25.4 Å². The van der Waals surface area contributed by atoms with Gasteiger partial charge in [-0.05, 0) is 37.7 Å². The van der Waals surface area contributed by atoms with Crippen LogP contribution in [-0.4, -0.2) is 21.3 Å². The first-order chi connectivity index (χ1) is 10.5. The van der Waals surface area contributed by atoms with Crippen molar-refractivity contribution < 1.29 is 4.79 Å². The number of aromatic nitrogens is 2. The Morgan fingerprint density at radius 2 is 2.18 bits per heavy atom. The molecule has 1 atom stereocenters. The third-order valence-corrected chi connectivity index (χ3v) is 5.00. The molecule has 1 aromatic carbocycles. The molecule has 0 radical (unpaired) electrons. The number of hydrogen-bond donors (Lipinski definition) is 2. The van der Waals surface area contributed by atoms with Crippen molar-refractivity contribution in [3.05, 3.63) is 43.5 Å². The van der Waals surface area contributed by atoms with Crippen LogP contribution in [0, 0.1) is 3.95 Å². The molecule has 7 heteroatoms. The first-order valence-electron chi connectivity index (χ1n) is 7.00. The quantitative estimate of drug-likeness (QED) is 0.724. The minimum atomic E-state index is -0.221. The van der Waals surface area contributed by atoms with E-state index in [4.69, 9.17) is 12.2 Å². The van der Waals surface area contributed by atoms with Gasteiger partial charge in [-0.2, -0.15) is 0 Å². The molecule has 2 N–H and O–H groups in total. The van der Waals surface area contributed by atoms with Crippen molar-refractivity contribution in [2.45, 2.75) is 26.3 Å². The van der Waals surface area contributed by atoms with Crippen molar-refractivity contribution in [2.24, 2.45) is 0 Å². The Bertz CT molecular complexity index is 984. The second kappa shape index (κ2) is 5.66. The summed E-state index contributed by atoms with van der Waals surface area (Å²) in [5, 5.41) is 3.46. The topological polar surface area (TPSA) is 66.4 Å². The van der Waals surface area contributed by atoms with Gasteiger partial charge in [-0.3, -0.25) is 14.0 Å². The lowest BCUT2D eigenvalue weighted by Gasteiger charge is -2.10. The fourth-order valence-electron chi connectivity index (χ4n) is 2.29. The van der Waals surface area contributed by atoms with Crippen LogP contribution in [0.15, 0.2) is 29.1 Å². The fraction of sp³-hybridized carbons (Fsp3) is 0.267. The Labute approximate surface area is 135 Å². The van der Waals surface area contributed by atoms with Crippen molar-refractivity contribution in [3.8, 4) is 0 Å². The van der Waals surface area contributed by atoms with Crippen molar-refractivity contribution in [3.63, 3.8) is 0 Å². The number of carbonyl (C=O) groups is 1. The minimum absolute atomic E-state index is 0.0652. The number of aromatic amines is 1. The molecule has 0 saturated heterocycles. The highest BCUT2D eigenvalue weighted by atomic mass is 32.1. The third-order valence-electron chi connectivity index (χ3n) is 3.63. The second-order valence-corrected chi connectivity index (χ2v) is 6.78. The van der Waals surface area contributed by atoms with Crippen LogP contribution in [0.4, 0.5) is 0 Å². The van der Waals surface area contributed by atoms with Crippen LogP contribution in [0.25, 0.3) is 16.6 Å². The van der Waals surface area contributed by atoms with Crippen LogP contribution in [0.5, 0.6) is 0 Å². The van der Waals surface area contributed by atoms with Gasteiger partial charge in [0.1, 0.15) is 10.5 Å². The number of nitrogens with zero attached hydrogens (tertiary/aromatic N) is 1. The average molecular weight is 333 g/mol. The molecule has 1 amide bonds. The van der Waals surface area contributed by atoms with Gasteiger partial charge in [-0.15, -0.1) is 0 Å². The predicted octanol–water partition coefficient (Wildman–Crippen LogP) is 3.10. The molecule has 3 rings (SSSR count). The average Bonchev–Trinajstić information content (AvgIpc) is 2.84. The molecule has 0 aliphatic carbocycles. The molecule has 2 aromatic heterocycles. The Kier molecular flexibility index (Phi) is 3.84. The van der Waals surface area contributed by atoms with E-state index < -0.39 is 0 Å². The third kappa shape index (κ3) is 2.36. The summed E-state index contributed by atoms with van der Waals surface area (Å²) in [5.74, 6) is -0.209. The van der Waals surface area contributed by atoms with Crippen molar-refractivity contribution in [1.29, 1.82) is 0 Å². The number of amides is 1. The summed E-state index contributed by atoms with van der Waals surface area (Å²) in [6.07, 6.45) is 0.836. The van der Waals surface area contributed by atoms with Crippen LogP contribution in [0.2, 0.25) is 0 Å². The Morgan fingerprint density at radius 1 is 1.45 bits per heavy atom. The lowest BCUT2D eigenvalue weighted by molar-refractivity contribution is 0.0944. The summed E-state index contributed by atoms with van der Waals surface area (Å²) in [5.41, 5.74) is 0.950. The van der Waals surface area contributed by atoms with Gasteiger partial charge in [0.05, 0.1) is 10.9 Å². The first-order valence-corrected chi connectivity index (χ1v) is 8.22. The maximum absolute atomic E-state index is 12.4. The van der Waals surface area contributed by atoms with Gasteiger partial charge in [0.2, 0.25) is 0 Å². The summed E-state index contributed by atoms with van der Waals surface area (Å²) in [7, 11) is 0. The summed E-state index contributed by atoms with van der Waals surface area (Å²) in [6.45, 7) is 3.94. The highest BCUT2D eigenvalue weighted by molar-refractivity contribution is 7.73. The molecule has 5 nitrogen and oxygen atoms in total. The monoisotopic (exact) mass is 333 g/mol. The van der Waals surface area contributed by atoms with E-state index in [0.717, 1.165) is 6.42 Å². The number of hydrogen-bond acceptors (Lipinski definition) is 4. The molecule has 0 aliphatic rings. The number of benzene rings is 1. The highest BCUT2D eigenvalue weighted by Crippen LogP contribution is 2.22. The molecular formula is C15H15N3O2S2. The number of H-pyrrole nitrogens is 1. The van der Waals surface area contributed by atoms with Crippen molar-refractivity contribution in [1.82, 2.24) is 14.7 Å². The zero-order chi connectivity index (χ0) is 15.9. The number of nitrogens with one attached hydrogen (secondary N) is 2. The highest BCUT2D eigenvalue weighted by Gasteiger charge is 2.18. The number of fused-ring (bicyclic) bond motifs is 3. The van der Waals surface area contributed by atoms with E-state index in [1.807, 2.05) is 26.0 Å². The smallest absolute Gasteiger partial charge is 0.265 e. The van der Waals surface area contributed by atoms with E-state index in [1.54, 1.807) is 16.5 Å². The molecule has 114 valence electrons. The zero-order valence-corrected chi connectivity index (χ0v) is 13.8. The molecule has 0 fully saturated rings.